The molecule has 1 N–H and O–H groups in total. The standard InChI is InChI=1S/C16H14F3N3O2/c17-16(18,19)24-14-8-6-13(7-9-14)23-10-15-21-20-11-22(15)12-4-2-1-3-5-12/h1-9,20H,10-11H2. The van der Waals surface area contributed by atoms with E-state index in [0.29, 0.717) is 18.3 Å². The maximum Gasteiger partial charge on any atom is 0.573 e. The topological polar surface area (TPSA) is 46.1 Å². The number of alkyl halides is 3. The molecule has 0 atom stereocenters. The van der Waals surface area contributed by atoms with Crippen LogP contribution in [0.3, 0.4) is 0 Å². The maximum atomic E-state index is 12.1. The Bertz CT molecular complexity index is 703. The van der Waals surface area contributed by atoms with Crippen LogP contribution in [-0.4, -0.2) is 25.5 Å². The zero-order valence-corrected chi connectivity index (χ0v) is 12.5. The van der Waals surface area contributed by atoms with Crippen molar-refractivity contribution < 1.29 is 22.6 Å². The molecule has 8 heteroatoms. The molecule has 0 radical (unpaired) electrons. The van der Waals surface area contributed by atoms with E-state index in [1.807, 2.05) is 35.2 Å². The molecule has 1 aliphatic heterocycles. The first-order chi connectivity index (χ1) is 11.5. The van der Waals surface area contributed by atoms with E-state index in [2.05, 4.69) is 15.3 Å². The minimum absolute atomic E-state index is 0.182. The first kappa shape index (κ1) is 16.0. The molecule has 0 aromatic heterocycles. The van der Waals surface area contributed by atoms with Crippen LogP contribution in [0.25, 0.3) is 0 Å². The van der Waals surface area contributed by atoms with Gasteiger partial charge in [-0.2, -0.15) is 5.10 Å². The van der Waals surface area contributed by atoms with Crippen molar-refractivity contribution in [3.05, 3.63) is 54.6 Å². The second-order valence-electron chi connectivity index (χ2n) is 4.92. The SMILES string of the molecule is FC(F)(F)Oc1ccc(OCC2=NNCN2c2ccccc2)cc1. The molecule has 2 aromatic carbocycles. The summed E-state index contributed by atoms with van der Waals surface area (Å²) in [6, 6.07) is 14.9. The Morgan fingerprint density at radius 1 is 1.00 bits per heavy atom. The van der Waals surface area contributed by atoms with Crippen LogP contribution in [0.1, 0.15) is 0 Å². The van der Waals surface area contributed by atoms with Gasteiger partial charge in [0, 0.05) is 5.69 Å². The summed E-state index contributed by atoms with van der Waals surface area (Å²) >= 11 is 0. The second kappa shape index (κ2) is 6.69. The minimum Gasteiger partial charge on any atom is -0.486 e. The van der Waals surface area contributed by atoms with Crippen molar-refractivity contribution in [2.24, 2.45) is 5.10 Å². The Morgan fingerprint density at radius 3 is 2.33 bits per heavy atom. The predicted octanol–water partition coefficient (Wildman–Crippen LogP) is 3.34. The molecule has 0 fully saturated rings. The van der Waals surface area contributed by atoms with Gasteiger partial charge in [-0.1, -0.05) is 18.2 Å². The van der Waals surface area contributed by atoms with Crippen LogP contribution in [0.15, 0.2) is 59.7 Å². The lowest BCUT2D eigenvalue weighted by molar-refractivity contribution is -0.274. The molecule has 0 saturated heterocycles. The molecule has 2 aromatic rings. The Hall–Kier alpha value is -2.90. The summed E-state index contributed by atoms with van der Waals surface area (Å²) in [5, 5.41) is 4.17. The number of anilines is 1. The molecular formula is C16H14F3N3O2. The smallest absolute Gasteiger partial charge is 0.486 e. The van der Waals surface area contributed by atoms with Gasteiger partial charge in [0.15, 0.2) is 5.84 Å². The Kier molecular flexibility index (Phi) is 4.45. The van der Waals surface area contributed by atoms with Gasteiger partial charge >= 0.3 is 6.36 Å². The van der Waals surface area contributed by atoms with Crippen LogP contribution in [0.5, 0.6) is 11.5 Å². The number of para-hydroxylation sites is 1. The van der Waals surface area contributed by atoms with Crippen LogP contribution in [0.2, 0.25) is 0 Å². The van der Waals surface area contributed by atoms with E-state index >= 15 is 0 Å². The number of nitrogens with zero attached hydrogens (tertiary/aromatic N) is 2. The lowest BCUT2D eigenvalue weighted by Crippen LogP contribution is -2.32. The summed E-state index contributed by atoms with van der Waals surface area (Å²) < 4.78 is 45.7. The molecule has 126 valence electrons. The molecule has 0 spiro atoms. The molecule has 0 bridgehead atoms. The minimum atomic E-state index is -4.71. The van der Waals surface area contributed by atoms with Crippen LogP contribution >= 0.6 is 0 Å². The highest BCUT2D eigenvalue weighted by atomic mass is 19.4. The molecule has 24 heavy (non-hydrogen) atoms. The van der Waals surface area contributed by atoms with E-state index in [1.165, 1.54) is 24.3 Å². The zero-order chi connectivity index (χ0) is 17.0. The largest absolute Gasteiger partial charge is 0.573 e. The van der Waals surface area contributed by atoms with Crippen molar-refractivity contribution in [1.29, 1.82) is 0 Å². The molecule has 0 unspecified atom stereocenters. The number of nitrogens with one attached hydrogen (secondary N) is 1. The summed E-state index contributed by atoms with van der Waals surface area (Å²) in [4.78, 5) is 1.95. The number of ether oxygens (including phenoxy) is 2. The summed E-state index contributed by atoms with van der Waals surface area (Å²) in [7, 11) is 0. The lowest BCUT2D eigenvalue weighted by Gasteiger charge is -2.19. The number of amidine groups is 1. The van der Waals surface area contributed by atoms with E-state index in [4.69, 9.17) is 4.74 Å². The number of hydrazone groups is 1. The van der Waals surface area contributed by atoms with E-state index in [-0.39, 0.29) is 12.4 Å². The maximum absolute atomic E-state index is 12.1. The molecule has 0 saturated carbocycles. The highest BCUT2D eigenvalue weighted by Crippen LogP contribution is 2.25. The highest BCUT2D eigenvalue weighted by Gasteiger charge is 2.31. The average Bonchev–Trinajstić information content (AvgIpc) is 3.02. The first-order valence-corrected chi connectivity index (χ1v) is 7.12. The van der Waals surface area contributed by atoms with Gasteiger partial charge in [-0.3, -0.25) is 5.43 Å². The fourth-order valence-corrected chi connectivity index (χ4v) is 2.19. The number of halogens is 3. The van der Waals surface area contributed by atoms with Crippen LogP contribution < -0.4 is 19.8 Å². The van der Waals surface area contributed by atoms with Crippen LogP contribution in [0, 0.1) is 0 Å². The third kappa shape index (κ3) is 4.09. The molecule has 5 nitrogen and oxygen atoms in total. The van der Waals surface area contributed by atoms with Gasteiger partial charge in [-0.25, -0.2) is 0 Å². The van der Waals surface area contributed by atoms with E-state index < -0.39 is 6.36 Å². The summed E-state index contributed by atoms with van der Waals surface area (Å²) in [5.41, 5.74) is 3.85. The number of hydrogen-bond donors (Lipinski definition) is 1. The van der Waals surface area contributed by atoms with E-state index in [0.717, 1.165) is 5.69 Å². The molecule has 0 amide bonds. The van der Waals surface area contributed by atoms with Crippen molar-refractivity contribution in [3.63, 3.8) is 0 Å². The van der Waals surface area contributed by atoms with Gasteiger partial charge in [-0.15, -0.1) is 13.2 Å². The van der Waals surface area contributed by atoms with E-state index in [1.54, 1.807) is 0 Å². The first-order valence-electron chi connectivity index (χ1n) is 7.12. The van der Waals surface area contributed by atoms with E-state index in [9.17, 15) is 13.2 Å². The summed E-state index contributed by atoms with van der Waals surface area (Å²) in [5.74, 6) is 0.810. The molecule has 0 aliphatic carbocycles. The highest BCUT2D eigenvalue weighted by molar-refractivity contribution is 5.99. The van der Waals surface area contributed by atoms with Crippen LogP contribution in [-0.2, 0) is 0 Å². The zero-order valence-electron chi connectivity index (χ0n) is 12.5. The summed E-state index contributed by atoms with van der Waals surface area (Å²) in [6.07, 6.45) is -4.71. The van der Waals surface area contributed by atoms with Crippen molar-refractivity contribution in [2.45, 2.75) is 6.36 Å². The van der Waals surface area contributed by atoms with Crippen molar-refractivity contribution in [2.75, 3.05) is 18.2 Å². The van der Waals surface area contributed by atoms with Gasteiger partial charge in [0.2, 0.25) is 0 Å². The molecule has 1 aliphatic rings. The monoisotopic (exact) mass is 337 g/mol. The van der Waals surface area contributed by atoms with Crippen molar-refractivity contribution in [3.8, 4) is 11.5 Å². The Labute approximate surface area is 136 Å². The van der Waals surface area contributed by atoms with Gasteiger partial charge < -0.3 is 14.4 Å². The number of benzene rings is 2. The third-order valence-electron chi connectivity index (χ3n) is 3.24. The molecular weight excluding hydrogens is 323 g/mol. The predicted molar refractivity (Wildman–Crippen MR) is 83.0 cm³/mol. The second-order valence-corrected chi connectivity index (χ2v) is 4.92. The summed E-state index contributed by atoms with van der Waals surface area (Å²) in [6.45, 7) is 0.711. The Morgan fingerprint density at radius 2 is 1.67 bits per heavy atom. The van der Waals surface area contributed by atoms with Crippen molar-refractivity contribution in [1.82, 2.24) is 5.43 Å². The normalized spacial score (nSPS) is 14.1. The quantitative estimate of drug-likeness (QED) is 0.909. The molecule has 3 rings (SSSR count). The van der Waals surface area contributed by atoms with Gasteiger partial charge in [0.1, 0.15) is 24.8 Å². The fraction of sp³-hybridized carbons (Fsp3) is 0.188. The lowest BCUT2D eigenvalue weighted by atomic mass is 10.3. The van der Waals surface area contributed by atoms with Gasteiger partial charge in [0.25, 0.3) is 0 Å². The van der Waals surface area contributed by atoms with Crippen molar-refractivity contribution >= 4 is 11.5 Å². The Balaban J connectivity index is 1.59. The van der Waals surface area contributed by atoms with Gasteiger partial charge in [-0.05, 0) is 36.4 Å². The fourth-order valence-electron chi connectivity index (χ4n) is 2.19. The molecule has 1 heterocycles. The third-order valence-corrected chi connectivity index (χ3v) is 3.24. The van der Waals surface area contributed by atoms with Gasteiger partial charge in [0.05, 0.1) is 0 Å². The number of hydrogen-bond acceptors (Lipinski definition) is 5. The average molecular weight is 337 g/mol. The number of rotatable bonds is 5. The van der Waals surface area contributed by atoms with Crippen LogP contribution in [0.4, 0.5) is 18.9 Å².